The minimum atomic E-state index is -4.51. The summed E-state index contributed by atoms with van der Waals surface area (Å²) < 4.78 is 43.3. The molecule has 0 aliphatic rings. The monoisotopic (exact) mass is 416 g/mol. The maximum absolute atomic E-state index is 12.6. The van der Waals surface area contributed by atoms with Crippen LogP contribution in [0.4, 0.5) is 23.7 Å². The molecule has 0 atom stereocenters. The predicted octanol–water partition coefficient (Wildman–Crippen LogP) is 4.56. The van der Waals surface area contributed by atoms with Crippen LogP contribution in [0.3, 0.4) is 0 Å². The molecule has 0 radical (unpaired) electrons. The summed E-state index contributed by atoms with van der Waals surface area (Å²) in [6.07, 6.45) is -1.44. The maximum Gasteiger partial charge on any atom is 0.416 e. The lowest BCUT2D eigenvalue weighted by atomic mass is 10.1. The van der Waals surface area contributed by atoms with Crippen molar-refractivity contribution in [1.29, 1.82) is 0 Å². The van der Waals surface area contributed by atoms with E-state index in [9.17, 15) is 22.8 Å². The molecule has 0 spiro atoms. The average molecular weight is 416 g/mol. The molecule has 30 heavy (non-hydrogen) atoms. The van der Waals surface area contributed by atoms with Gasteiger partial charge in [-0.2, -0.15) is 13.2 Å². The molecule has 2 N–H and O–H groups in total. The number of urea groups is 1. The van der Waals surface area contributed by atoms with Crippen molar-refractivity contribution >= 4 is 17.6 Å². The topological polar surface area (TPSA) is 93.2 Å². The molecule has 1 aromatic heterocycles. The van der Waals surface area contributed by atoms with Crippen LogP contribution >= 0.6 is 0 Å². The Bertz CT molecular complexity index is 1060. The number of carbonyl (C=O) groups excluding carboxylic acids is 2. The third kappa shape index (κ3) is 5.31. The zero-order chi connectivity index (χ0) is 21.7. The molecular weight excluding hydrogens is 401 g/mol. The van der Waals surface area contributed by atoms with Gasteiger partial charge in [-0.15, -0.1) is 0 Å². The summed E-state index contributed by atoms with van der Waals surface area (Å²) in [5, 5.41) is 4.53. The Morgan fingerprint density at radius 3 is 2.27 bits per heavy atom. The van der Waals surface area contributed by atoms with Crippen molar-refractivity contribution in [3.8, 4) is 11.8 Å². The number of carbonyl (C=O) groups is 2. The molecular formula is C20H15F3N4O3. The van der Waals surface area contributed by atoms with Crippen LogP contribution in [0.1, 0.15) is 21.5 Å². The molecule has 2 aromatic carbocycles. The summed E-state index contributed by atoms with van der Waals surface area (Å²) in [5.74, 6) is -0.355. The van der Waals surface area contributed by atoms with Crippen LogP contribution in [-0.2, 0) is 6.18 Å². The number of halogens is 3. The SMILES string of the molecule is Cc1cc(NC(=O)NC(=O)c2ccc(C(F)(F)F)cc2)ccc1Oc1ncccn1. The fraction of sp³-hybridized carbons (Fsp3) is 0.100. The Morgan fingerprint density at radius 2 is 1.67 bits per heavy atom. The van der Waals surface area contributed by atoms with Crippen LogP contribution < -0.4 is 15.4 Å². The quantitative estimate of drug-likeness (QED) is 0.651. The number of benzene rings is 2. The molecule has 154 valence electrons. The summed E-state index contributed by atoms with van der Waals surface area (Å²) in [6, 6.07) is 9.27. The molecule has 0 saturated carbocycles. The third-order valence-corrected chi connectivity index (χ3v) is 3.88. The van der Waals surface area contributed by atoms with E-state index in [2.05, 4.69) is 20.6 Å². The number of ether oxygens (including phenoxy) is 1. The molecule has 1 heterocycles. The second kappa shape index (κ2) is 8.60. The van der Waals surface area contributed by atoms with E-state index >= 15 is 0 Å². The van der Waals surface area contributed by atoms with Crippen molar-refractivity contribution in [1.82, 2.24) is 15.3 Å². The number of anilines is 1. The van der Waals surface area contributed by atoms with Gasteiger partial charge in [0.2, 0.25) is 0 Å². The summed E-state index contributed by atoms with van der Waals surface area (Å²) in [4.78, 5) is 32.0. The highest BCUT2D eigenvalue weighted by Crippen LogP contribution is 2.29. The second-order valence-electron chi connectivity index (χ2n) is 6.10. The molecule has 0 saturated heterocycles. The van der Waals surface area contributed by atoms with Crippen LogP contribution in [0.25, 0.3) is 0 Å². The van der Waals surface area contributed by atoms with Crippen molar-refractivity contribution in [2.45, 2.75) is 13.1 Å². The highest BCUT2D eigenvalue weighted by Gasteiger charge is 2.30. The fourth-order valence-electron chi connectivity index (χ4n) is 2.43. The first-order valence-electron chi connectivity index (χ1n) is 8.57. The standard InChI is InChI=1S/C20H15F3N4O3/c1-12-11-15(7-8-16(12)30-19-24-9-2-10-25-19)26-18(29)27-17(28)13-3-5-14(6-4-13)20(21,22)23/h2-11H,1H3,(H2,26,27,28,29). The van der Waals surface area contributed by atoms with Crippen molar-refractivity contribution < 1.29 is 27.5 Å². The molecule has 0 aliphatic carbocycles. The number of rotatable bonds is 4. The lowest BCUT2D eigenvalue weighted by Crippen LogP contribution is -2.34. The molecule has 0 aliphatic heterocycles. The predicted molar refractivity (Wildman–Crippen MR) is 101 cm³/mol. The van der Waals surface area contributed by atoms with Gasteiger partial charge in [0.1, 0.15) is 5.75 Å². The largest absolute Gasteiger partial charge is 0.424 e. The van der Waals surface area contributed by atoms with Gasteiger partial charge in [-0.25, -0.2) is 14.8 Å². The Hall–Kier alpha value is -3.95. The van der Waals surface area contributed by atoms with Gasteiger partial charge >= 0.3 is 18.2 Å². The molecule has 3 aromatic rings. The number of hydrogen-bond donors (Lipinski definition) is 2. The van der Waals surface area contributed by atoms with Gasteiger partial charge in [-0.1, -0.05) is 0 Å². The number of amides is 3. The average Bonchev–Trinajstić information content (AvgIpc) is 2.70. The summed E-state index contributed by atoms with van der Waals surface area (Å²) in [6.45, 7) is 1.74. The van der Waals surface area contributed by atoms with E-state index in [1.54, 1.807) is 31.2 Å². The Labute approximate surface area is 168 Å². The fourth-order valence-corrected chi connectivity index (χ4v) is 2.43. The Balaban J connectivity index is 1.60. The van der Waals surface area contributed by atoms with Gasteiger partial charge in [-0.05, 0) is 61.0 Å². The van der Waals surface area contributed by atoms with E-state index in [-0.39, 0.29) is 11.6 Å². The van der Waals surface area contributed by atoms with Gasteiger partial charge in [0, 0.05) is 23.6 Å². The summed E-state index contributed by atoms with van der Waals surface area (Å²) in [7, 11) is 0. The van der Waals surface area contributed by atoms with E-state index in [0.29, 0.717) is 17.0 Å². The lowest BCUT2D eigenvalue weighted by molar-refractivity contribution is -0.137. The van der Waals surface area contributed by atoms with Crippen LogP contribution in [0.15, 0.2) is 60.9 Å². The zero-order valence-corrected chi connectivity index (χ0v) is 15.5. The number of aromatic nitrogens is 2. The number of imide groups is 1. The zero-order valence-electron chi connectivity index (χ0n) is 15.5. The molecule has 0 unspecified atom stereocenters. The van der Waals surface area contributed by atoms with Crippen molar-refractivity contribution in [3.05, 3.63) is 77.6 Å². The van der Waals surface area contributed by atoms with Crippen molar-refractivity contribution in [3.63, 3.8) is 0 Å². The van der Waals surface area contributed by atoms with E-state index in [1.165, 1.54) is 12.4 Å². The first-order valence-corrected chi connectivity index (χ1v) is 8.57. The molecule has 7 nitrogen and oxygen atoms in total. The van der Waals surface area contributed by atoms with Gasteiger partial charge in [0.05, 0.1) is 5.56 Å². The normalized spacial score (nSPS) is 10.9. The Morgan fingerprint density at radius 1 is 1.00 bits per heavy atom. The van der Waals surface area contributed by atoms with E-state index < -0.39 is 23.7 Å². The lowest BCUT2D eigenvalue weighted by Gasteiger charge is -2.11. The van der Waals surface area contributed by atoms with E-state index in [1.807, 2.05) is 0 Å². The third-order valence-electron chi connectivity index (χ3n) is 3.88. The van der Waals surface area contributed by atoms with Crippen LogP contribution in [0, 0.1) is 6.92 Å². The number of hydrogen-bond acceptors (Lipinski definition) is 5. The first-order chi connectivity index (χ1) is 14.2. The van der Waals surface area contributed by atoms with Crippen molar-refractivity contribution in [2.75, 3.05) is 5.32 Å². The van der Waals surface area contributed by atoms with Crippen LogP contribution in [0.5, 0.6) is 11.8 Å². The van der Waals surface area contributed by atoms with Gasteiger partial charge in [0.25, 0.3) is 5.91 Å². The smallest absolute Gasteiger partial charge is 0.416 e. The van der Waals surface area contributed by atoms with Gasteiger partial charge < -0.3 is 10.1 Å². The van der Waals surface area contributed by atoms with Crippen molar-refractivity contribution in [2.24, 2.45) is 0 Å². The first kappa shape index (κ1) is 20.8. The molecule has 0 fully saturated rings. The minimum absolute atomic E-state index is 0.0825. The number of aryl methyl sites for hydroxylation is 1. The highest BCUT2D eigenvalue weighted by atomic mass is 19.4. The van der Waals surface area contributed by atoms with Gasteiger partial charge in [-0.3, -0.25) is 10.1 Å². The molecule has 0 bridgehead atoms. The maximum atomic E-state index is 12.6. The highest BCUT2D eigenvalue weighted by molar-refractivity contribution is 6.08. The number of alkyl halides is 3. The van der Waals surface area contributed by atoms with E-state index in [0.717, 1.165) is 24.3 Å². The van der Waals surface area contributed by atoms with E-state index in [4.69, 9.17) is 4.74 Å². The number of nitrogens with zero attached hydrogens (tertiary/aromatic N) is 2. The molecule has 3 amide bonds. The molecule has 10 heteroatoms. The summed E-state index contributed by atoms with van der Waals surface area (Å²) >= 11 is 0. The van der Waals surface area contributed by atoms with Crippen LogP contribution in [-0.4, -0.2) is 21.9 Å². The van der Waals surface area contributed by atoms with Gasteiger partial charge in [0.15, 0.2) is 0 Å². The minimum Gasteiger partial charge on any atom is -0.424 e. The second-order valence-corrected chi connectivity index (χ2v) is 6.10. The molecule has 3 rings (SSSR count). The Kier molecular flexibility index (Phi) is 5.95. The summed E-state index contributed by atoms with van der Waals surface area (Å²) in [5.41, 5.74) is 0.0870. The number of nitrogens with one attached hydrogen (secondary N) is 2. The van der Waals surface area contributed by atoms with Crippen LogP contribution in [0.2, 0.25) is 0 Å².